The third-order valence-electron chi connectivity index (χ3n) is 10.2. The summed E-state index contributed by atoms with van der Waals surface area (Å²) in [6.07, 6.45) is 17.6. The molecule has 4 bridgehead atoms. The second-order valence-electron chi connectivity index (χ2n) is 12.5. The number of rotatable bonds is 3. The highest BCUT2D eigenvalue weighted by molar-refractivity contribution is 7.80. The van der Waals surface area contributed by atoms with Crippen molar-refractivity contribution in [1.82, 2.24) is 4.90 Å². The van der Waals surface area contributed by atoms with Crippen molar-refractivity contribution in [1.29, 1.82) is 0 Å². The van der Waals surface area contributed by atoms with Gasteiger partial charge in [0.2, 0.25) is 0 Å². The minimum absolute atomic E-state index is 0.106. The molecule has 7 aliphatic rings. The fraction of sp³-hybridized carbons (Fsp3) is 0.724. The average molecular weight is 462 g/mol. The molecule has 0 amide bonds. The SMILES string of the molecule is S=C1N(c2ccccc2)C(=NC23CC4CC(CC(C4)C2)C3)[C@H](N2CCCC2)C12CCCCC2. The zero-order chi connectivity index (χ0) is 22.0. The summed E-state index contributed by atoms with van der Waals surface area (Å²) in [6.45, 7) is 2.44. The smallest absolute Gasteiger partial charge is 0.127 e. The Labute approximate surface area is 205 Å². The topological polar surface area (TPSA) is 18.8 Å². The van der Waals surface area contributed by atoms with Gasteiger partial charge in [-0.1, -0.05) is 49.7 Å². The van der Waals surface area contributed by atoms with Gasteiger partial charge in [0.25, 0.3) is 0 Å². The summed E-state index contributed by atoms with van der Waals surface area (Å²) in [6, 6.07) is 11.4. The molecule has 5 aliphatic carbocycles. The van der Waals surface area contributed by atoms with Crippen molar-refractivity contribution in [2.75, 3.05) is 18.0 Å². The Kier molecular flexibility index (Phi) is 5.03. The first-order valence-corrected chi connectivity index (χ1v) is 14.3. The van der Waals surface area contributed by atoms with Gasteiger partial charge in [0.05, 0.1) is 16.6 Å². The Morgan fingerprint density at radius 1 is 0.788 bits per heavy atom. The van der Waals surface area contributed by atoms with Crippen LogP contribution in [0.5, 0.6) is 0 Å². The van der Waals surface area contributed by atoms with Crippen LogP contribution in [-0.2, 0) is 0 Å². The van der Waals surface area contributed by atoms with E-state index in [4.69, 9.17) is 17.2 Å². The molecule has 5 saturated carbocycles. The van der Waals surface area contributed by atoms with Gasteiger partial charge in [0.1, 0.15) is 5.84 Å². The maximum atomic E-state index is 6.47. The first-order valence-electron chi connectivity index (χ1n) is 13.9. The van der Waals surface area contributed by atoms with Gasteiger partial charge in [-0.2, -0.15) is 0 Å². The number of hydrogen-bond acceptors (Lipinski definition) is 3. The molecule has 1 aromatic carbocycles. The molecule has 0 aromatic heterocycles. The van der Waals surface area contributed by atoms with Crippen LogP contribution in [0, 0.1) is 23.2 Å². The second kappa shape index (κ2) is 7.88. The molecule has 0 unspecified atom stereocenters. The number of amidine groups is 1. The number of para-hydroxylation sites is 1. The Balaban J connectivity index is 1.39. The highest BCUT2D eigenvalue weighted by Crippen LogP contribution is 2.58. The van der Waals surface area contributed by atoms with Crippen LogP contribution in [0.3, 0.4) is 0 Å². The van der Waals surface area contributed by atoms with Crippen LogP contribution in [0.15, 0.2) is 35.3 Å². The molecular weight excluding hydrogens is 422 g/mol. The summed E-state index contributed by atoms with van der Waals surface area (Å²) in [7, 11) is 0. The molecule has 0 N–H and O–H groups in total. The van der Waals surface area contributed by atoms with Crippen molar-refractivity contribution < 1.29 is 0 Å². The van der Waals surface area contributed by atoms with Crippen LogP contribution in [0.1, 0.15) is 83.5 Å². The lowest BCUT2D eigenvalue weighted by Crippen LogP contribution is -2.53. The third-order valence-corrected chi connectivity index (χ3v) is 10.8. The van der Waals surface area contributed by atoms with Gasteiger partial charge in [0, 0.05) is 11.1 Å². The zero-order valence-corrected chi connectivity index (χ0v) is 20.9. The van der Waals surface area contributed by atoms with Crippen molar-refractivity contribution in [3.63, 3.8) is 0 Å². The zero-order valence-electron chi connectivity index (χ0n) is 20.1. The third kappa shape index (κ3) is 3.30. The van der Waals surface area contributed by atoms with E-state index >= 15 is 0 Å². The molecule has 2 heterocycles. The molecular formula is C29H39N3S. The molecule has 1 aromatic rings. The molecule has 0 radical (unpaired) electrons. The van der Waals surface area contributed by atoms with Gasteiger partial charge in [-0.25, -0.2) is 0 Å². The standard InChI is InChI=1S/C29H39N3S/c33-27-29(11-5-2-6-12-29)25(31-13-7-8-14-31)26(32(27)24-9-3-1-4-10-24)30-28-18-21-15-22(19-28)17-23(16-21)20-28/h1,3-4,9-10,21-23,25H,2,5-8,11-20H2/t21?,22?,23?,25-,28?/m0/s1. The van der Waals surface area contributed by atoms with E-state index in [9.17, 15) is 0 Å². The van der Waals surface area contributed by atoms with Crippen molar-refractivity contribution in [2.24, 2.45) is 28.2 Å². The number of nitrogens with zero attached hydrogens (tertiary/aromatic N) is 3. The van der Waals surface area contributed by atoms with Gasteiger partial charge in [-0.15, -0.1) is 0 Å². The average Bonchev–Trinajstić information content (AvgIpc) is 3.40. The van der Waals surface area contributed by atoms with Crippen molar-refractivity contribution in [2.45, 2.75) is 95.1 Å². The van der Waals surface area contributed by atoms with Gasteiger partial charge in [0.15, 0.2) is 0 Å². The minimum Gasteiger partial charge on any atom is -0.293 e. The molecule has 2 aliphatic heterocycles. The van der Waals surface area contributed by atoms with Gasteiger partial charge < -0.3 is 0 Å². The van der Waals surface area contributed by atoms with Crippen LogP contribution in [0.4, 0.5) is 5.69 Å². The summed E-state index contributed by atoms with van der Waals surface area (Å²) in [5.74, 6) is 4.12. The molecule has 7 fully saturated rings. The largest absolute Gasteiger partial charge is 0.293 e. The molecule has 1 atom stereocenters. The molecule has 1 spiro atoms. The maximum Gasteiger partial charge on any atom is 0.127 e. The number of likely N-dealkylation sites (tertiary alicyclic amines) is 1. The van der Waals surface area contributed by atoms with Crippen LogP contribution >= 0.6 is 12.2 Å². The van der Waals surface area contributed by atoms with Crippen LogP contribution in [0.2, 0.25) is 0 Å². The van der Waals surface area contributed by atoms with E-state index < -0.39 is 0 Å². The number of thiocarbonyl (C=S) groups is 1. The number of anilines is 1. The minimum atomic E-state index is 0.106. The Morgan fingerprint density at radius 2 is 1.39 bits per heavy atom. The lowest BCUT2D eigenvalue weighted by molar-refractivity contribution is 0.00113. The number of hydrogen-bond donors (Lipinski definition) is 0. The molecule has 3 nitrogen and oxygen atoms in total. The van der Waals surface area contributed by atoms with E-state index in [0.29, 0.717) is 6.04 Å². The molecule has 33 heavy (non-hydrogen) atoms. The quantitative estimate of drug-likeness (QED) is 0.472. The first-order chi connectivity index (χ1) is 16.2. The van der Waals surface area contributed by atoms with E-state index in [2.05, 4.69) is 40.1 Å². The molecule has 2 saturated heterocycles. The lowest BCUT2D eigenvalue weighted by Gasteiger charge is -2.55. The first kappa shape index (κ1) is 21.1. The van der Waals surface area contributed by atoms with Crippen molar-refractivity contribution in [3.8, 4) is 0 Å². The highest BCUT2D eigenvalue weighted by Gasteiger charge is 2.59. The summed E-state index contributed by atoms with van der Waals surface area (Å²) in [4.78, 5) is 12.4. The van der Waals surface area contributed by atoms with Gasteiger partial charge >= 0.3 is 0 Å². The summed E-state index contributed by atoms with van der Waals surface area (Å²) >= 11 is 6.47. The van der Waals surface area contributed by atoms with Gasteiger partial charge in [-0.05, 0) is 107 Å². The van der Waals surface area contributed by atoms with Crippen molar-refractivity contribution in [3.05, 3.63) is 30.3 Å². The molecule has 176 valence electrons. The maximum absolute atomic E-state index is 6.47. The highest BCUT2D eigenvalue weighted by atomic mass is 32.1. The summed E-state index contributed by atoms with van der Waals surface area (Å²) < 4.78 is 0. The van der Waals surface area contributed by atoms with E-state index in [0.717, 1.165) is 17.8 Å². The Bertz CT molecular complexity index is 906. The molecule has 4 heteroatoms. The summed E-state index contributed by atoms with van der Waals surface area (Å²) in [5, 5.41) is 0. The second-order valence-corrected chi connectivity index (χ2v) is 12.8. The van der Waals surface area contributed by atoms with E-state index in [1.165, 1.54) is 113 Å². The normalized spacial score (nSPS) is 41.0. The Morgan fingerprint density at radius 3 is 2.00 bits per heavy atom. The van der Waals surface area contributed by atoms with Crippen molar-refractivity contribution >= 4 is 28.7 Å². The van der Waals surface area contributed by atoms with E-state index in [-0.39, 0.29) is 11.0 Å². The Hall–Kier alpha value is -1.26. The molecule has 8 rings (SSSR count). The van der Waals surface area contributed by atoms with E-state index in [1.54, 1.807) is 0 Å². The summed E-state index contributed by atoms with van der Waals surface area (Å²) in [5.41, 5.74) is 1.54. The fourth-order valence-electron chi connectivity index (χ4n) is 9.38. The van der Waals surface area contributed by atoms with Crippen LogP contribution in [-0.4, -0.2) is 40.4 Å². The lowest BCUT2D eigenvalue weighted by atomic mass is 9.53. The van der Waals surface area contributed by atoms with Gasteiger partial charge in [-0.3, -0.25) is 14.8 Å². The number of benzene rings is 1. The van der Waals surface area contributed by atoms with Crippen LogP contribution < -0.4 is 4.90 Å². The fourth-order valence-corrected chi connectivity index (χ4v) is 9.89. The van der Waals surface area contributed by atoms with E-state index in [1.807, 2.05) is 0 Å². The predicted octanol–water partition coefficient (Wildman–Crippen LogP) is 6.62. The number of aliphatic imine (C=N–C) groups is 1. The van der Waals surface area contributed by atoms with Crippen LogP contribution in [0.25, 0.3) is 0 Å². The monoisotopic (exact) mass is 461 g/mol. The predicted molar refractivity (Wildman–Crippen MR) is 140 cm³/mol.